The molecule has 4 rings (SSSR count). The SMILES string of the molecule is Cc1nc(-c2ccc(N3CCc4ccc([N+](=O)[O-])cc4C3)nc2)[nH]c(=O)c1C. The van der Waals surface area contributed by atoms with E-state index in [1.54, 1.807) is 32.2 Å². The average molecular weight is 377 g/mol. The molecule has 0 atom stereocenters. The molecule has 28 heavy (non-hydrogen) atoms. The van der Waals surface area contributed by atoms with Crippen molar-refractivity contribution in [3.8, 4) is 11.4 Å². The van der Waals surface area contributed by atoms with E-state index >= 15 is 0 Å². The number of nitrogens with one attached hydrogen (secondary N) is 1. The third kappa shape index (κ3) is 3.24. The van der Waals surface area contributed by atoms with Crippen molar-refractivity contribution in [1.82, 2.24) is 15.0 Å². The number of fused-ring (bicyclic) bond motifs is 1. The number of H-pyrrole nitrogens is 1. The van der Waals surface area contributed by atoms with Crippen molar-refractivity contribution in [3.05, 3.63) is 79.4 Å². The first kappa shape index (κ1) is 17.8. The molecular weight excluding hydrogens is 358 g/mol. The molecule has 8 nitrogen and oxygen atoms in total. The van der Waals surface area contributed by atoms with Crippen LogP contribution in [0.25, 0.3) is 11.4 Å². The minimum Gasteiger partial charge on any atom is -0.352 e. The first-order valence-electron chi connectivity index (χ1n) is 8.97. The number of benzene rings is 1. The Morgan fingerprint density at radius 3 is 2.68 bits per heavy atom. The number of hydrogen-bond acceptors (Lipinski definition) is 6. The number of nitro groups is 1. The average Bonchev–Trinajstić information content (AvgIpc) is 2.71. The zero-order valence-corrected chi connectivity index (χ0v) is 15.6. The van der Waals surface area contributed by atoms with Crippen molar-refractivity contribution in [2.75, 3.05) is 11.4 Å². The molecule has 8 heteroatoms. The summed E-state index contributed by atoms with van der Waals surface area (Å²) in [5, 5.41) is 11.0. The van der Waals surface area contributed by atoms with Gasteiger partial charge in [-0.15, -0.1) is 0 Å². The summed E-state index contributed by atoms with van der Waals surface area (Å²) >= 11 is 0. The van der Waals surface area contributed by atoms with Gasteiger partial charge in [-0.3, -0.25) is 14.9 Å². The minimum absolute atomic E-state index is 0.105. The number of rotatable bonds is 3. The van der Waals surface area contributed by atoms with E-state index in [1.165, 1.54) is 0 Å². The predicted octanol–water partition coefficient (Wildman–Crippen LogP) is 2.92. The summed E-state index contributed by atoms with van der Waals surface area (Å²) in [5.41, 5.74) is 4.07. The van der Waals surface area contributed by atoms with Gasteiger partial charge in [0.1, 0.15) is 11.6 Å². The highest BCUT2D eigenvalue weighted by Gasteiger charge is 2.20. The lowest BCUT2D eigenvalue weighted by Crippen LogP contribution is -2.31. The summed E-state index contributed by atoms with van der Waals surface area (Å²) < 4.78 is 0. The van der Waals surface area contributed by atoms with Gasteiger partial charge in [-0.2, -0.15) is 0 Å². The highest BCUT2D eigenvalue weighted by atomic mass is 16.6. The van der Waals surface area contributed by atoms with Crippen LogP contribution in [-0.2, 0) is 13.0 Å². The van der Waals surface area contributed by atoms with Crippen LogP contribution in [0, 0.1) is 24.0 Å². The fourth-order valence-corrected chi connectivity index (χ4v) is 3.35. The van der Waals surface area contributed by atoms with Crippen LogP contribution < -0.4 is 10.5 Å². The zero-order valence-electron chi connectivity index (χ0n) is 15.6. The lowest BCUT2D eigenvalue weighted by Gasteiger charge is -2.29. The van der Waals surface area contributed by atoms with Gasteiger partial charge >= 0.3 is 0 Å². The van der Waals surface area contributed by atoms with Gasteiger partial charge in [0.15, 0.2) is 0 Å². The molecule has 1 aliphatic heterocycles. The quantitative estimate of drug-likeness (QED) is 0.556. The molecule has 2 aromatic heterocycles. The van der Waals surface area contributed by atoms with Gasteiger partial charge in [-0.1, -0.05) is 6.07 Å². The Hall–Kier alpha value is -3.55. The molecule has 0 amide bonds. The first-order valence-corrected chi connectivity index (χ1v) is 8.97. The van der Waals surface area contributed by atoms with E-state index in [0.717, 1.165) is 35.5 Å². The van der Waals surface area contributed by atoms with Crippen LogP contribution in [0.1, 0.15) is 22.4 Å². The Balaban J connectivity index is 1.59. The van der Waals surface area contributed by atoms with Crippen LogP contribution in [0.5, 0.6) is 0 Å². The van der Waals surface area contributed by atoms with Crippen LogP contribution in [0.4, 0.5) is 11.5 Å². The second-order valence-corrected chi connectivity index (χ2v) is 6.91. The van der Waals surface area contributed by atoms with Crippen LogP contribution >= 0.6 is 0 Å². The fourth-order valence-electron chi connectivity index (χ4n) is 3.35. The van der Waals surface area contributed by atoms with Crippen LogP contribution in [0.3, 0.4) is 0 Å². The summed E-state index contributed by atoms with van der Waals surface area (Å²) in [6, 6.07) is 8.78. The Kier molecular flexibility index (Phi) is 4.38. The number of anilines is 1. The van der Waals surface area contributed by atoms with Gasteiger partial charge in [0.25, 0.3) is 11.2 Å². The van der Waals surface area contributed by atoms with Gasteiger partial charge in [-0.25, -0.2) is 9.97 Å². The second-order valence-electron chi connectivity index (χ2n) is 6.91. The van der Waals surface area contributed by atoms with Gasteiger partial charge in [0, 0.05) is 48.2 Å². The van der Waals surface area contributed by atoms with Crippen molar-refractivity contribution in [2.45, 2.75) is 26.8 Å². The molecule has 1 N–H and O–H groups in total. The smallest absolute Gasteiger partial charge is 0.269 e. The number of aromatic nitrogens is 3. The number of nitrogens with zero attached hydrogens (tertiary/aromatic N) is 4. The molecule has 0 bridgehead atoms. The summed E-state index contributed by atoms with van der Waals surface area (Å²) in [4.78, 5) is 36.4. The van der Waals surface area contributed by atoms with E-state index in [4.69, 9.17) is 0 Å². The molecule has 0 radical (unpaired) electrons. The van der Waals surface area contributed by atoms with E-state index in [-0.39, 0.29) is 16.2 Å². The summed E-state index contributed by atoms with van der Waals surface area (Å²) in [5.74, 6) is 1.28. The number of hydrogen-bond donors (Lipinski definition) is 1. The monoisotopic (exact) mass is 377 g/mol. The summed E-state index contributed by atoms with van der Waals surface area (Å²) in [6.45, 7) is 4.91. The maximum Gasteiger partial charge on any atom is 0.269 e. The Labute approximate surface area is 161 Å². The molecule has 0 fully saturated rings. The number of nitro benzene ring substituents is 1. The van der Waals surface area contributed by atoms with Crippen molar-refractivity contribution >= 4 is 11.5 Å². The van der Waals surface area contributed by atoms with E-state index in [0.29, 0.717) is 23.6 Å². The molecule has 3 heterocycles. The number of aryl methyl sites for hydroxylation is 1. The van der Waals surface area contributed by atoms with E-state index in [2.05, 4.69) is 19.9 Å². The molecule has 1 aliphatic rings. The largest absolute Gasteiger partial charge is 0.352 e. The summed E-state index contributed by atoms with van der Waals surface area (Å²) in [6.07, 6.45) is 2.49. The highest BCUT2D eigenvalue weighted by molar-refractivity contribution is 5.57. The van der Waals surface area contributed by atoms with E-state index in [9.17, 15) is 14.9 Å². The third-order valence-corrected chi connectivity index (χ3v) is 5.15. The van der Waals surface area contributed by atoms with Gasteiger partial charge in [0.05, 0.1) is 4.92 Å². The predicted molar refractivity (Wildman–Crippen MR) is 105 cm³/mol. The van der Waals surface area contributed by atoms with Crippen molar-refractivity contribution < 1.29 is 4.92 Å². The Morgan fingerprint density at radius 1 is 1.18 bits per heavy atom. The lowest BCUT2D eigenvalue weighted by molar-refractivity contribution is -0.384. The van der Waals surface area contributed by atoms with Crippen molar-refractivity contribution in [3.63, 3.8) is 0 Å². The Bertz CT molecular complexity index is 1120. The van der Waals surface area contributed by atoms with E-state index in [1.807, 2.05) is 18.2 Å². The third-order valence-electron chi connectivity index (χ3n) is 5.15. The standard InChI is InChI=1S/C20H19N5O3/c1-12-13(2)22-19(23-20(12)26)15-4-6-18(21-10-15)24-8-7-14-3-5-17(25(27)28)9-16(14)11-24/h3-6,9-10H,7-8,11H2,1-2H3,(H,22,23,26). The molecule has 142 valence electrons. The zero-order chi connectivity index (χ0) is 19.8. The van der Waals surface area contributed by atoms with Crippen LogP contribution in [0.15, 0.2) is 41.3 Å². The van der Waals surface area contributed by atoms with Crippen molar-refractivity contribution in [2.24, 2.45) is 0 Å². The lowest BCUT2D eigenvalue weighted by atomic mass is 9.99. The topological polar surface area (TPSA) is 105 Å². The molecule has 0 unspecified atom stereocenters. The van der Waals surface area contributed by atoms with Gasteiger partial charge < -0.3 is 9.88 Å². The fraction of sp³-hybridized carbons (Fsp3) is 0.250. The normalized spacial score (nSPS) is 13.3. The van der Waals surface area contributed by atoms with Crippen LogP contribution in [0.2, 0.25) is 0 Å². The van der Waals surface area contributed by atoms with Crippen molar-refractivity contribution in [1.29, 1.82) is 0 Å². The molecule has 0 saturated carbocycles. The second kappa shape index (κ2) is 6.88. The first-order chi connectivity index (χ1) is 13.4. The maximum atomic E-state index is 12.0. The Morgan fingerprint density at radius 2 is 2.00 bits per heavy atom. The highest BCUT2D eigenvalue weighted by Crippen LogP contribution is 2.27. The van der Waals surface area contributed by atoms with Crippen LogP contribution in [-0.4, -0.2) is 26.4 Å². The molecule has 0 saturated heterocycles. The van der Waals surface area contributed by atoms with E-state index < -0.39 is 0 Å². The minimum atomic E-state index is -0.371. The summed E-state index contributed by atoms with van der Waals surface area (Å²) in [7, 11) is 0. The number of aromatic amines is 1. The molecule has 1 aromatic carbocycles. The maximum absolute atomic E-state index is 12.0. The molecule has 3 aromatic rings. The molecule has 0 spiro atoms. The molecular formula is C20H19N5O3. The van der Waals surface area contributed by atoms with Gasteiger partial charge in [-0.05, 0) is 43.5 Å². The number of pyridine rings is 1. The number of non-ortho nitro benzene ring substituents is 1. The van der Waals surface area contributed by atoms with Gasteiger partial charge in [0.2, 0.25) is 0 Å². The molecule has 0 aliphatic carbocycles.